The molecule has 1 aromatic heterocycles. The molecule has 0 radical (unpaired) electrons. The van der Waals surface area contributed by atoms with E-state index in [4.69, 9.17) is 14.6 Å². The van der Waals surface area contributed by atoms with Crippen molar-refractivity contribution in [3.05, 3.63) is 46.1 Å². The molecule has 1 atom stereocenters. The highest BCUT2D eigenvalue weighted by Gasteiger charge is 2.45. The molecule has 2 aliphatic rings. The summed E-state index contributed by atoms with van der Waals surface area (Å²) in [6.07, 6.45) is 1.71. The number of benzene rings is 1. The zero-order valence-electron chi connectivity index (χ0n) is 14.6. The van der Waals surface area contributed by atoms with E-state index in [-0.39, 0.29) is 11.1 Å². The minimum absolute atomic E-state index is 0.0935. The number of carboxylic acid groups (broad SMARTS) is 1. The summed E-state index contributed by atoms with van der Waals surface area (Å²) < 4.78 is 12.9. The summed E-state index contributed by atoms with van der Waals surface area (Å²) in [5.41, 5.74) is 0.768. The molecule has 1 N–H and O–H groups in total. The Morgan fingerprint density at radius 3 is 2.69 bits per heavy atom. The molecular weight excluding hydrogens is 338 g/mol. The number of carbonyl (C=O) groups is 1. The van der Waals surface area contributed by atoms with Gasteiger partial charge in [0.05, 0.1) is 13.7 Å². The van der Waals surface area contributed by atoms with E-state index >= 15 is 0 Å². The van der Waals surface area contributed by atoms with E-state index in [1.165, 1.54) is 9.25 Å². The quantitative estimate of drug-likeness (QED) is 0.823. The van der Waals surface area contributed by atoms with Crippen LogP contribution in [0.4, 0.5) is 4.79 Å². The van der Waals surface area contributed by atoms with Crippen LogP contribution in [-0.2, 0) is 23.1 Å². The van der Waals surface area contributed by atoms with Crippen molar-refractivity contribution < 1.29 is 19.4 Å². The molecule has 1 fully saturated rings. The lowest BCUT2D eigenvalue weighted by Crippen LogP contribution is -2.34. The number of aromatic nitrogens is 3. The lowest BCUT2D eigenvalue weighted by Gasteiger charge is -2.21. The Morgan fingerprint density at radius 2 is 2.08 bits per heavy atom. The van der Waals surface area contributed by atoms with Gasteiger partial charge in [-0.2, -0.15) is 5.10 Å². The maximum atomic E-state index is 12.8. The van der Waals surface area contributed by atoms with E-state index in [1.807, 2.05) is 24.3 Å². The smallest absolute Gasteiger partial charge is 0.497 e. The Labute approximate surface area is 150 Å². The van der Waals surface area contributed by atoms with Crippen LogP contribution in [0.5, 0.6) is 5.75 Å². The molecule has 0 saturated heterocycles. The first-order chi connectivity index (χ1) is 12.5. The van der Waals surface area contributed by atoms with Gasteiger partial charge >= 0.3 is 11.8 Å². The summed E-state index contributed by atoms with van der Waals surface area (Å²) in [5.74, 6) is 1.39. The third-order valence-electron chi connectivity index (χ3n) is 5.33. The van der Waals surface area contributed by atoms with Crippen molar-refractivity contribution in [1.82, 2.24) is 14.3 Å². The van der Waals surface area contributed by atoms with Crippen LogP contribution < -0.4 is 10.4 Å². The largest absolute Gasteiger partial charge is 0.507 e. The third-order valence-corrected chi connectivity index (χ3v) is 5.33. The predicted molar refractivity (Wildman–Crippen MR) is 91.5 cm³/mol. The Kier molecular flexibility index (Phi) is 3.97. The SMILES string of the molecule is COc1ccc(C2(Cn3nc4n(c3=O)[C@@H](OC(=O)O)CCC4)CC2)cc1. The first-order valence-electron chi connectivity index (χ1n) is 8.75. The zero-order valence-corrected chi connectivity index (χ0v) is 14.6. The molecule has 0 unspecified atom stereocenters. The summed E-state index contributed by atoms with van der Waals surface area (Å²) in [6, 6.07) is 7.91. The fraction of sp³-hybridized carbons (Fsp3) is 0.500. The maximum Gasteiger partial charge on any atom is 0.507 e. The number of ether oxygens (including phenoxy) is 2. The van der Waals surface area contributed by atoms with Crippen molar-refractivity contribution in [3.8, 4) is 5.75 Å². The molecule has 0 amide bonds. The second kappa shape index (κ2) is 6.19. The molecule has 8 heteroatoms. The fourth-order valence-electron chi connectivity index (χ4n) is 3.74. The van der Waals surface area contributed by atoms with Crippen LogP contribution in [0.3, 0.4) is 0 Å². The first kappa shape index (κ1) is 16.7. The Morgan fingerprint density at radius 1 is 1.35 bits per heavy atom. The van der Waals surface area contributed by atoms with Gasteiger partial charge in [0.2, 0.25) is 0 Å². The number of aryl methyl sites for hydroxylation is 1. The first-order valence-corrected chi connectivity index (χ1v) is 8.75. The highest BCUT2D eigenvalue weighted by Crippen LogP contribution is 2.49. The summed E-state index contributed by atoms with van der Waals surface area (Å²) >= 11 is 0. The topological polar surface area (TPSA) is 95.6 Å². The average Bonchev–Trinajstić information content (AvgIpc) is 3.34. The minimum Gasteiger partial charge on any atom is -0.497 e. The molecule has 4 rings (SSSR count). The molecule has 1 saturated carbocycles. The molecule has 138 valence electrons. The van der Waals surface area contributed by atoms with Gasteiger partial charge in [0.25, 0.3) is 0 Å². The zero-order chi connectivity index (χ0) is 18.3. The molecule has 1 aliphatic carbocycles. The summed E-state index contributed by atoms with van der Waals surface area (Å²) in [4.78, 5) is 23.7. The van der Waals surface area contributed by atoms with Gasteiger partial charge < -0.3 is 14.6 Å². The number of nitrogens with zero attached hydrogens (tertiary/aromatic N) is 3. The molecule has 0 spiro atoms. The maximum absolute atomic E-state index is 12.8. The van der Waals surface area contributed by atoms with Gasteiger partial charge in [-0.1, -0.05) is 12.1 Å². The Bertz CT molecular complexity index is 879. The number of rotatable bonds is 5. The number of hydrogen-bond acceptors (Lipinski definition) is 5. The van der Waals surface area contributed by atoms with E-state index in [0.29, 0.717) is 25.2 Å². The van der Waals surface area contributed by atoms with Gasteiger partial charge in [-0.05, 0) is 37.0 Å². The molecule has 0 bridgehead atoms. The van der Waals surface area contributed by atoms with E-state index < -0.39 is 12.4 Å². The lowest BCUT2D eigenvalue weighted by molar-refractivity contribution is 0.00388. The average molecular weight is 359 g/mol. The van der Waals surface area contributed by atoms with Crippen molar-refractivity contribution >= 4 is 6.16 Å². The number of fused-ring (bicyclic) bond motifs is 1. The fourth-order valence-corrected chi connectivity index (χ4v) is 3.74. The van der Waals surface area contributed by atoms with E-state index in [0.717, 1.165) is 30.6 Å². The predicted octanol–water partition coefficient (Wildman–Crippen LogP) is 2.31. The van der Waals surface area contributed by atoms with Crippen LogP contribution in [0.2, 0.25) is 0 Å². The normalized spacial score (nSPS) is 20.3. The summed E-state index contributed by atoms with van der Waals surface area (Å²) in [7, 11) is 1.63. The van der Waals surface area contributed by atoms with E-state index in [9.17, 15) is 9.59 Å². The van der Waals surface area contributed by atoms with Crippen molar-refractivity contribution in [3.63, 3.8) is 0 Å². The van der Waals surface area contributed by atoms with Crippen LogP contribution in [0, 0.1) is 0 Å². The summed E-state index contributed by atoms with van der Waals surface area (Å²) in [5, 5.41) is 13.4. The second-order valence-electron chi connectivity index (χ2n) is 6.97. The van der Waals surface area contributed by atoms with Crippen LogP contribution in [0.1, 0.15) is 43.3 Å². The molecule has 1 aliphatic heterocycles. The Balaban J connectivity index is 1.62. The van der Waals surface area contributed by atoms with Crippen LogP contribution >= 0.6 is 0 Å². The summed E-state index contributed by atoms with van der Waals surface area (Å²) in [6.45, 7) is 0.484. The van der Waals surface area contributed by atoms with Crippen LogP contribution in [0.25, 0.3) is 0 Å². The van der Waals surface area contributed by atoms with Crippen molar-refractivity contribution in [2.24, 2.45) is 0 Å². The second-order valence-corrected chi connectivity index (χ2v) is 6.97. The van der Waals surface area contributed by atoms with Gasteiger partial charge in [0.15, 0.2) is 6.23 Å². The lowest BCUT2D eigenvalue weighted by atomic mass is 9.96. The van der Waals surface area contributed by atoms with Crippen molar-refractivity contribution in [2.75, 3.05) is 7.11 Å². The highest BCUT2D eigenvalue weighted by atomic mass is 16.7. The molecule has 26 heavy (non-hydrogen) atoms. The van der Waals surface area contributed by atoms with E-state index in [2.05, 4.69) is 5.10 Å². The standard InChI is InChI=1S/C18H21N3O5/c1-25-13-7-5-12(6-8-13)18(9-10-18)11-20-16(22)21-14(19-20)3-2-4-15(21)26-17(23)24/h5-8,15H,2-4,9-11H2,1H3,(H,23,24)/t15-/m0/s1. The van der Waals surface area contributed by atoms with Crippen molar-refractivity contribution in [2.45, 2.75) is 50.3 Å². The highest BCUT2D eigenvalue weighted by molar-refractivity contribution is 5.56. The molecule has 1 aromatic carbocycles. The van der Waals surface area contributed by atoms with E-state index in [1.54, 1.807) is 7.11 Å². The number of hydrogen-bond donors (Lipinski definition) is 1. The van der Waals surface area contributed by atoms with Crippen LogP contribution in [-0.4, -0.2) is 32.7 Å². The number of methoxy groups -OCH3 is 1. The Hall–Kier alpha value is -2.77. The van der Waals surface area contributed by atoms with Crippen molar-refractivity contribution in [1.29, 1.82) is 0 Å². The molecule has 2 aromatic rings. The van der Waals surface area contributed by atoms with Gasteiger partial charge in [0.1, 0.15) is 11.6 Å². The monoisotopic (exact) mass is 359 g/mol. The molecular formula is C18H21N3O5. The molecule has 2 heterocycles. The van der Waals surface area contributed by atoms with Gasteiger partial charge in [-0.25, -0.2) is 18.8 Å². The van der Waals surface area contributed by atoms with Gasteiger partial charge in [-0.3, -0.25) is 0 Å². The molecule has 8 nitrogen and oxygen atoms in total. The van der Waals surface area contributed by atoms with Crippen LogP contribution in [0.15, 0.2) is 29.1 Å². The third kappa shape index (κ3) is 2.85. The van der Waals surface area contributed by atoms with Gasteiger partial charge in [0, 0.05) is 18.3 Å². The van der Waals surface area contributed by atoms with Gasteiger partial charge in [-0.15, -0.1) is 0 Å². The minimum atomic E-state index is -1.38.